The van der Waals surface area contributed by atoms with Crippen LogP contribution in [0.4, 0.5) is 4.39 Å². The van der Waals surface area contributed by atoms with Gasteiger partial charge in [-0.05, 0) is 36.9 Å². The lowest BCUT2D eigenvalue weighted by Gasteiger charge is -2.38. The number of ether oxygens (including phenoxy) is 2. The Labute approximate surface area is 177 Å². The van der Waals surface area contributed by atoms with Crippen molar-refractivity contribution in [2.75, 3.05) is 54.0 Å². The first-order chi connectivity index (χ1) is 14.3. The number of likely N-dealkylation sites (N-methyl/N-ethyl adjacent to an activating group) is 1. The standard InChI is InChI=1S/C21H28FN3O4S/c1-24-10-12-25(13-11-24)19(16-4-6-17(22)7-5-16)15-23-30(26,27)18-8-9-20(28-2)21(14-18)29-3/h4-9,14,19,23H,10-13,15H2,1-3H3/t19-/m1/s1. The average molecular weight is 438 g/mol. The van der Waals surface area contributed by atoms with E-state index in [0.29, 0.717) is 11.5 Å². The largest absolute Gasteiger partial charge is 0.493 e. The van der Waals surface area contributed by atoms with E-state index in [1.807, 2.05) is 0 Å². The van der Waals surface area contributed by atoms with Crippen molar-refractivity contribution in [3.63, 3.8) is 0 Å². The highest BCUT2D eigenvalue weighted by molar-refractivity contribution is 7.89. The number of nitrogens with zero attached hydrogens (tertiary/aromatic N) is 2. The monoisotopic (exact) mass is 437 g/mol. The highest BCUT2D eigenvalue weighted by atomic mass is 32.2. The molecule has 2 aromatic carbocycles. The van der Waals surface area contributed by atoms with E-state index in [0.717, 1.165) is 31.7 Å². The molecule has 0 bridgehead atoms. The van der Waals surface area contributed by atoms with Crippen LogP contribution in [-0.4, -0.2) is 72.2 Å². The molecule has 1 N–H and O–H groups in total. The van der Waals surface area contributed by atoms with Crippen LogP contribution in [0.25, 0.3) is 0 Å². The van der Waals surface area contributed by atoms with E-state index in [4.69, 9.17) is 9.47 Å². The molecule has 7 nitrogen and oxygen atoms in total. The Morgan fingerprint density at radius 1 is 1.00 bits per heavy atom. The third-order valence-corrected chi connectivity index (χ3v) is 6.79. The van der Waals surface area contributed by atoms with Crippen molar-refractivity contribution in [3.05, 3.63) is 53.8 Å². The van der Waals surface area contributed by atoms with Gasteiger partial charge in [-0.2, -0.15) is 0 Å². The van der Waals surface area contributed by atoms with Crippen molar-refractivity contribution in [2.24, 2.45) is 0 Å². The van der Waals surface area contributed by atoms with Crippen LogP contribution in [0.15, 0.2) is 47.4 Å². The van der Waals surface area contributed by atoms with Gasteiger partial charge in [0.2, 0.25) is 10.0 Å². The SMILES string of the molecule is COc1ccc(S(=O)(=O)NC[C@H](c2ccc(F)cc2)N2CCN(C)CC2)cc1OC. The van der Waals surface area contributed by atoms with Crippen molar-refractivity contribution >= 4 is 10.0 Å². The summed E-state index contributed by atoms with van der Waals surface area (Å²) in [5, 5.41) is 0. The minimum Gasteiger partial charge on any atom is -0.493 e. The van der Waals surface area contributed by atoms with Crippen LogP contribution in [0.5, 0.6) is 11.5 Å². The number of hydrogen-bond donors (Lipinski definition) is 1. The second-order valence-corrected chi connectivity index (χ2v) is 9.04. The van der Waals surface area contributed by atoms with E-state index < -0.39 is 10.0 Å². The number of halogens is 1. The molecule has 0 saturated carbocycles. The fraction of sp³-hybridized carbons (Fsp3) is 0.429. The highest BCUT2D eigenvalue weighted by Gasteiger charge is 2.26. The predicted octanol–water partition coefficient (Wildman–Crippen LogP) is 2.11. The molecule has 0 radical (unpaired) electrons. The minimum absolute atomic E-state index is 0.0939. The van der Waals surface area contributed by atoms with E-state index in [2.05, 4.69) is 21.6 Å². The van der Waals surface area contributed by atoms with Gasteiger partial charge < -0.3 is 14.4 Å². The molecule has 0 aromatic heterocycles. The normalized spacial score (nSPS) is 16.9. The second-order valence-electron chi connectivity index (χ2n) is 7.28. The predicted molar refractivity (Wildman–Crippen MR) is 113 cm³/mol. The van der Waals surface area contributed by atoms with Gasteiger partial charge in [-0.15, -0.1) is 0 Å². The second kappa shape index (κ2) is 9.74. The molecule has 9 heteroatoms. The summed E-state index contributed by atoms with van der Waals surface area (Å²) in [6.45, 7) is 3.56. The molecule has 0 aliphatic carbocycles. The van der Waals surface area contributed by atoms with Gasteiger partial charge >= 0.3 is 0 Å². The van der Waals surface area contributed by atoms with Gasteiger partial charge in [-0.3, -0.25) is 4.90 Å². The minimum atomic E-state index is -3.78. The molecular formula is C21H28FN3O4S. The molecule has 0 spiro atoms. The number of benzene rings is 2. The summed E-state index contributed by atoms with van der Waals surface area (Å²) < 4.78 is 52.4. The molecule has 1 heterocycles. The van der Waals surface area contributed by atoms with Gasteiger partial charge in [0.05, 0.1) is 19.1 Å². The van der Waals surface area contributed by atoms with E-state index >= 15 is 0 Å². The first-order valence-corrected chi connectivity index (χ1v) is 11.2. The zero-order chi connectivity index (χ0) is 21.7. The Kier molecular flexibility index (Phi) is 7.30. The lowest BCUT2D eigenvalue weighted by atomic mass is 10.0. The number of rotatable bonds is 8. The van der Waals surface area contributed by atoms with Crippen molar-refractivity contribution in [1.29, 1.82) is 0 Å². The fourth-order valence-electron chi connectivity index (χ4n) is 3.53. The smallest absolute Gasteiger partial charge is 0.240 e. The summed E-state index contributed by atoms with van der Waals surface area (Å²) in [7, 11) is 1.24. The molecule has 1 fully saturated rings. The molecule has 164 valence electrons. The molecule has 30 heavy (non-hydrogen) atoms. The Balaban J connectivity index is 1.81. The zero-order valence-electron chi connectivity index (χ0n) is 17.5. The van der Waals surface area contributed by atoms with Crippen LogP contribution >= 0.6 is 0 Å². The zero-order valence-corrected chi connectivity index (χ0v) is 18.3. The van der Waals surface area contributed by atoms with Gasteiger partial charge in [0.1, 0.15) is 5.82 Å². The molecule has 0 amide bonds. The molecule has 2 aromatic rings. The lowest BCUT2D eigenvalue weighted by molar-refractivity contribution is 0.113. The molecule has 1 atom stereocenters. The first-order valence-electron chi connectivity index (χ1n) is 9.74. The van der Waals surface area contributed by atoms with Gasteiger partial charge in [-0.25, -0.2) is 17.5 Å². The number of hydrogen-bond acceptors (Lipinski definition) is 6. The van der Waals surface area contributed by atoms with Crippen molar-refractivity contribution in [1.82, 2.24) is 14.5 Å². The summed E-state index contributed by atoms with van der Waals surface area (Å²) >= 11 is 0. The number of sulfonamides is 1. The quantitative estimate of drug-likeness (QED) is 0.682. The lowest BCUT2D eigenvalue weighted by Crippen LogP contribution is -2.48. The highest BCUT2D eigenvalue weighted by Crippen LogP contribution is 2.30. The molecular weight excluding hydrogens is 409 g/mol. The van der Waals surface area contributed by atoms with Crippen LogP contribution in [0.3, 0.4) is 0 Å². The van der Waals surface area contributed by atoms with Crippen LogP contribution in [-0.2, 0) is 10.0 Å². The number of piperazine rings is 1. The van der Waals surface area contributed by atoms with E-state index in [9.17, 15) is 12.8 Å². The van der Waals surface area contributed by atoms with Crippen LogP contribution in [0.2, 0.25) is 0 Å². The molecule has 1 aliphatic rings. The number of nitrogens with one attached hydrogen (secondary N) is 1. The van der Waals surface area contributed by atoms with Crippen molar-refractivity contribution in [3.8, 4) is 11.5 Å². The summed E-state index contributed by atoms with van der Waals surface area (Å²) in [6.07, 6.45) is 0. The molecule has 3 rings (SSSR count). The van der Waals surface area contributed by atoms with Crippen LogP contribution in [0.1, 0.15) is 11.6 Å². The molecule has 1 saturated heterocycles. The summed E-state index contributed by atoms with van der Waals surface area (Å²) in [6, 6.07) is 10.5. The topological polar surface area (TPSA) is 71.1 Å². The van der Waals surface area contributed by atoms with Crippen molar-refractivity contribution in [2.45, 2.75) is 10.9 Å². The Hall–Kier alpha value is -2.20. The summed E-state index contributed by atoms with van der Waals surface area (Å²) in [4.78, 5) is 4.55. The molecule has 0 unspecified atom stereocenters. The number of methoxy groups -OCH3 is 2. The van der Waals surface area contributed by atoms with Gasteiger partial charge in [0.25, 0.3) is 0 Å². The molecule has 1 aliphatic heterocycles. The Morgan fingerprint density at radius 2 is 1.63 bits per heavy atom. The third kappa shape index (κ3) is 5.28. The van der Waals surface area contributed by atoms with E-state index in [1.54, 1.807) is 18.2 Å². The van der Waals surface area contributed by atoms with Crippen molar-refractivity contribution < 1.29 is 22.3 Å². The maximum absolute atomic E-state index is 13.4. The Bertz CT molecular complexity index is 945. The summed E-state index contributed by atoms with van der Waals surface area (Å²) in [5.41, 5.74) is 0.871. The van der Waals surface area contributed by atoms with E-state index in [-0.39, 0.29) is 23.3 Å². The van der Waals surface area contributed by atoms with Gasteiger partial charge in [0, 0.05) is 44.8 Å². The summed E-state index contributed by atoms with van der Waals surface area (Å²) in [5.74, 6) is 0.481. The Morgan fingerprint density at radius 3 is 2.23 bits per heavy atom. The average Bonchev–Trinajstić information content (AvgIpc) is 2.75. The first kappa shape index (κ1) is 22.5. The fourth-order valence-corrected chi connectivity index (χ4v) is 4.59. The third-order valence-electron chi connectivity index (χ3n) is 5.37. The van der Waals surface area contributed by atoms with Crippen LogP contribution in [0, 0.1) is 5.82 Å². The van der Waals surface area contributed by atoms with Crippen LogP contribution < -0.4 is 14.2 Å². The maximum Gasteiger partial charge on any atom is 0.240 e. The van der Waals surface area contributed by atoms with Gasteiger partial charge in [-0.1, -0.05) is 12.1 Å². The van der Waals surface area contributed by atoms with Gasteiger partial charge in [0.15, 0.2) is 11.5 Å². The van der Waals surface area contributed by atoms with E-state index in [1.165, 1.54) is 38.5 Å². The maximum atomic E-state index is 13.4.